The normalized spacial score (nSPS) is 22.0. The molecule has 0 saturated carbocycles. The van der Waals surface area contributed by atoms with Gasteiger partial charge in [0.1, 0.15) is 12.3 Å². The molecule has 0 aliphatic heterocycles. The zero-order chi connectivity index (χ0) is 9.89. The van der Waals surface area contributed by atoms with Gasteiger partial charge >= 0.3 is 0 Å². The van der Waals surface area contributed by atoms with Gasteiger partial charge in [-0.2, -0.15) is 0 Å². The molecule has 0 nitrogen and oxygen atoms in total. The Morgan fingerprint density at radius 2 is 0.833 bits per heavy atom. The topological polar surface area (TPSA) is 0 Å². The maximum atomic E-state index is 12.5. The molecule has 0 aromatic heterocycles. The molecule has 0 aliphatic rings. The zero-order valence-electron chi connectivity index (χ0n) is 6.78. The molecule has 0 rings (SSSR count). The highest BCUT2D eigenvalue weighted by molar-refractivity contribution is 4.83. The lowest BCUT2D eigenvalue weighted by Gasteiger charge is -2.18. The van der Waals surface area contributed by atoms with Crippen LogP contribution in [0.15, 0.2) is 0 Å². The predicted octanol–water partition coefficient (Wildman–Crippen LogP) is 2.72. The van der Waals surface area contributed by atoms with Crippen molar-refractivity contribution in [1.29, 1.82) is 0 Å². The first kappa shape index (κ1) is 11.6. The largest absolute Gasteiger partial charge is 0.244 e. The summed E-state index contributed by atoms with van der Waals surface area (Å²) in [6.45, 7) is 1.51. The van der Waals surface area contributed by atoms with Gasteiger partial charge in [-0.3, -0.25) is 0 Å². The van der Waals surface area contributed by atoms with Crippen LogP contribution in [0.25, 0.3) is 0 Å². The van der Waals surface area contributed by atoms with E-state index < -0.39 is 30.9 Å². The molecule has 0 fully saturated rings. The smallest absolute Gasteiger partial charge is 0.168 e. The highest BCUT2D eigenvalue weighted by Gasteiger charge is 2.36. The molecule has 0 radical (unpaired) electrons. The van der Waals surface area contributed by atoms with Crippen LogP contribution in [-0.2, 0) is 0 Å². The Labute approximate surface area is 67.8 Å². The Bertz CT molecular complexity index is 111. The second kappa shape index (κ2) is 4.62. The van der Waals surface area contributed by atoms with Crippen LogP contribution >= 0.6 is 0 Å². The lowest BCUT2D eigenvalue weighted by molar-refractivity contribution is 0.00996. The molecule has 0 saturated heterocycles. The quantitative estimate of drug-likeness (QED) is 0.598. The molecule has 0 aromatic rings. The zero-order valence-corrected chi connectivity index (χ0v) is 6.78. The maximum absolute atomic E-state index is 12.5. The summed E-state index contributed by atoms with van der Waals surface area (Å²) < 4.78 is 61.3. The van der Waals surface area contributed by atoms with Crippen molar-refractivity contribution in [2.45, 2.75) is 44.7 Å². The van der Waals surface area contributed by atoms with E-state index in [9.17, 15) is 22.0 Å². The summed E-state index contributed by atoms with van der Waals surface area (Å²) in [6, 6.07) is 0. The summed E-state index contributed by atoms with van der Waals surface area (Å²) in [6.07, 6.45) is -12.2. The molecule has 0 bridgehead atoms. The number of rotatable bonds is 4. The van der Waals surface area contributed by atoms with Crippen LogP contribution < -0.4 is 0 Å². The molecule has 4 atom stereocenters. The second-order valence-electron chi connectivity index (χ2n) is 2.69. The lowest BCUT2D eigenvalue weighted by Crippen LogP contribution is -2.37. The van der Waals surface area contributed by atoms with Crippen molar-refractivity contribution in [2.75, 3.05) is 0 Å². The van der Waals surface area contributed by atoms with Crippen molar-refractivity contribution in [2.24, 2.45) is 0 Å². The van der Waals surface area contributed by atoms with Crippen molar-refractivity contribution in [3.8, 4) is 0 Å². The van der Waals surface area contributed by atoms with Crippen molar-refractivity contribution >= 4 is 0 Å². The standard InChI is InChI=1S/C7H11F5/c1-3(8)5(10)7(12)6(11)4(2)9/h3-7H,1-2H3/t3-,4-,5+,6+/m0/s1. The number of hydrogen-bond acceptors (Lipinski definition) is 0. The van der Waals surface area contributed by atoms with E-state index >= 15 is 0 Å². The summed E-state index contributed by atoms with van der Waals surface area (Å²) >= 11 is 0. The first-order chi connectivity index (χ1) is 5.37. The average molecular weight is 190 g/mol. The van der Waals surface area contributed by atoms with Crippen molar-refractivity contribution in [3.63, 3.8) is 0 Å². The Morgan fingerprint density at radius 3 is 1.00 bits per heavy atom. The van der Waals surface area contributed by atoms with E-state index in [1.54, 1.807) is 0 Å². The van der Waals surface area contributed by atoms with Gasteiger partial charge in [0.05, 0.1) is 0 Å². The summed E-state index contributed by atoms with van der Waals surface area (Å²) in [5, 5.41) is 0. The molecular weight excluding hydrogens is 179 g/mol. The fraction of sp³-hybridized carbons (Fsp3) is 1.00. The molecule has 0 aromatic carbocycles. The van der Waals surface area contributed by atoms with Crippen molar-refractivity contribution in [3.05, 3.63) is 0 Å². The molecule has 5 heteroatoms. The van der Waals surface area contributed by atoms with Gasteiger partial charge in [0.25, 0.3) is 0 Å². The minimum Gasteiger partial charge on any atom is -0.244 e. The molecule has 0 aliphatic carbocycles. The van der Waals surface area contributed by atoms with Crippen LogP contribution in [-0.4, -0.2) is 30.9 Å². The molecular formula is C7H11F5. The molecule has 0 spiro atoms. The fourth-order valence-electron chi connectivity index (χ4n) is 0.682. The number of halogens is 5. The van der Waals surface area contributed by atoms with Crippen molar-refractivity contribution < 1.29 is 22.0 Å². The second-order valence-corrected chi connectivity index (χ2v) is 2.69. The predicted molar refractivity (Wildman–Crippen MR) is 35.8 cm³/mol. The van der Waals surface area contributed by atoms with Crippen LogP contribution in [0.3, 0.4) is 0 Å². The lowest BCUT2D eigenvalue weighted by atomic mass is 10.1. The monoisotopic (exact) mass is 190 g/mol. The van der Waals surface area contributed by atoms with Gasteiger partial charge in [0.2, 0.25) is 0 Å². The van der Waals surface area contributed by atoms with E-state index in [4.69, 9.17) is 0 Å². The first-order valence-corrected chi connectivity index (χ1v) is 3.58. The van der Waals surface area contributed by atoms with Gasteiger partial charge in [-0.15, -0.1) is 0 Å². The van der Waals surface area contributed by atoms with Crippen LogP contribution in [0.4, 0.5) is 22.0 Å². The van der Waals surface area contributed by atoms with Crippen LogP contribution in [0.2, 0.25) is 0 Å². The molecule has 0 heterocycles. The maximum Gasteiger partial charge on any atom is 0.168 e. The van der Waals surface area contributed by atoms with Crippen molar-refractivity contribution in [1.82, 2.24) is 0 Å². The molecule has 0 N–H and O–H groups in total. The Morgan fingerprint density at radius 1 is 0.583 bits per heavy atom. The van der Waals surface area contributed by atoms with E-state index in [0.717, 1.165) is 13.8 Å². The average Bonchev–Trinajstić information content (AvgIpc) is 2.00. The van der Waals surface area contributed by atoms with Gasteiger partial charge in [0, 0.05) is 0 Å². The third-order valence-corrected chi connectivity index (χ3v) is 1.49. The van der Waals surface area contributed by atoms with E-state index in [0.29, 0.717) is 0 Å². The number of hydrogen-bond donors (Lipinski definition) is 0. The minimum atomic E-state index is -2.73. The summed E-state index contributed by atoms with van der Waals surface area (Å²) in [5.41, 5.74) is 0. The van der Waals surface area contributed by atoms with Gasteiger partial charge in [-0.05, 0) is 13.8 Å². The Balaban J connectivity index is 4.08. The molecule has 74 valence electrons. The molecule has 0 amide bonds. The summed E-state index contributed by atoms with van der Waals surface area (Å²) in [7, 11) is 0. The van der Waals surface area contributed by atoms with Gasteiger partial charge in [-0.1, -0.05) is 0 Å². The third-order valence-electron chi connectivity index (χ3n) is 1.49. The van der Waals surface area contributed by atoms with Gasteiger partial charge in [-0.25, -0.2) is 22.0 Å². The number of alkyl halides is 5. The van der Waals surface area contributed by atoms with Crippen LogP contribution in [0.1, 0.15) is 13.8 Å². The Hall–Kier alpha value is -0.350. The Kier molecular flexibility index (Phi) is 4.49. The van der Waals surface area contributed by atoms with Gasteiger partial charge < -0.3 is 0 Å². The van der Waals surface area contributed by atoms with E-state index in [-0.39, 0.29) is 0 Å². The summed E-state index contributed by atoms with van der Waals surface area (Å²) in [4.78, 5) is 0. The van der Waals surface area contributed by atoms with Gasteiger partial charge in [0.15, 0.2) is 18.5 Å². The minimum absolute atomic E-state index is 0.757. The van der Waals surface area contributed by atoms with E-state index in [2.05, 4.69) is 0 Å². The van der Waals surface area contributed by atoms with Crippen LogP contribution in [0.5, 0.6) is 0 Å². The first-order valence-electron chi connectivity index (χ1n) is 3.58. The van der Waals surface area contributed by atoms with Crippen LogP contribution in [0, 0.1) is 0 Å². The fourth-order valence-corrected chi connectivity index (χ4v) is 0.682. The highest BCUT2D eigenvalue weighted by atomic mass is 19.2. The molecule has 0 unspecified atom stereocenters. The SMILES string of the molecule is C[C@H](F)[C@@H](F)C(F)[C@H](F)[C@H](C)F. The molecule has 12 heavy (non-hydrogen) atoms. The third kappa shape index (κ3) is 2.95. The van der Waals surface area contributed by atoms with E-state index in [1.165, 1.54) is 0 Å². The van der Waals surface area contributed by atoms with E-state index in [1.807, 2.05) is 0 Å². The highest BCUT2D eigenvalue weighted by Crippen LogP contribution is 2.20. The summed E-state index contributed by atoms with van der Waals surface area (Å²) in [5.74, 6) is 0.